The van der Waals surface area contributed by atoms with Crippen LogP contribution in [0.15, 0.2) is 28.8 Å². The van der Waals surface area contributed by atoms with Crippen molar-refractivity contribution < 1.29 is 8.42 Å². The molecule has 0 spiro atoms. The Balaban J connectivity index is 2.33. The Bertz CT molecular complexity index is 549. The molecule has 0 radical (unpaired) electrons. The van der Waals surface area contributed by atoms with Gasteiger partial charge in [-0.1, -0.05) is 0 Å². The summed E-state index contributed by atoms with van der Waals surface area (Å²) >= 11 is 5.80. The first-order valence-electron chi connectivity index (χ1n) is 4.06. The van der Waals surface area contributed by atoms with E-state index in [1.54, 1.807) is 12.3 Å². The van der Waals surface area contributed by atoms with Gasteiger partial charge in [-0.15, -0.1) is 5.10 Å². The lowest BCUT2D eigenvalue weighted by molar-refractivity contribution is 0.305. The highest BCUT2D eigenvalue weighted by Crippen LogP contribution is 2.19. The molecule has 0 bridgehead atoms. The molecule has 1 unspecified atom stereocenters. The second-order valence-electron chi connectivity index (χ2n) is 2.88. The number of hydrogen-bond donors (Lipinski definition) is 1. The maximum Gasteiger partial charge on any atom is 0.282 e. The third-order valence-electron chi connectivity index (χ3n) is 1.73. The summed E-state index contributed by atoms with van der Waals surface area (Å²) < 4.78 is 24.3. The van der Waals surface area contributed by atoms with E-state index in [1.165, 1.54) is 21.6 Å². The maximum atomic E-state index is 11.0. The largest absolute Gasteiger partial charge is 0.282 e. The molecular weight excluding hydrogens is 256 g/mol. The van der Waals surface area contributed by atoms with Gasteiger partial charge in [0.1, 0.15) is 6.33 Å². The number of nitrogens with zero attached hydrogens (tertiary/aromatic N) is 5. The van der Waals surface area contributed by atoms with E-state index in [4.69, 9.17) is 16.9 Å². The van der Waals surface area contributed by atoms with Gasteiger partial charge in [0.15, 0.2) is 0 Å². The second-order valence-corrected chi connectivity index (χ2v) is 4.73. The van der Waals surface area contributed by atoms with Crippen LogP contribution in [0.3, 0.4) is 0 Å². The summed E-state index contributed by atoms with van der Waals surface area (Å²) in [6.45, 7) is 0. The molecule has 1 aliphatic heterocycles. The Hall–Kier alpha value is -1.45. The smallest absolute Gasteiger partial charge is 0.249 e. The van der Waals surface area contributed by atoms with Gasteiger partial charge in [-0.05, 0) is 6.08 Å². The predicted molar refractivity (Wildman–Crippen MR) is 55.8 cm³/mol. The van der Waals surface area contributed by atoms with Gasteiger partial charge in [-0.3, -0.25) is 0 Å². The van der Waals surface area contributed by atoms with E-state index in [2.05, 4.69) is 15.1 Å². The molecule has 0 saturated heterocycles. The van der Waals surface area contributed by atoms with Gasteiger partial charge in [0.2, 0.25) is 6.29 Å². The van der Waals surface area contributed by atoms with E-state index in [1.807, 2.05) is 0 Å². The molecule has 1 aromatic heterocycles. The van der Waals surface area contributed by atoms with Crippen LogP contribution in [0.4, 0.5) is 0 Å². The zero-order valence-corrected chi connectivity index (χ0v) is 9.38. The lowest BCUT2D eigenvalue weighted by atomic mass is 10.6. The Kier molecular flexibility index (Phi) is 2.66. The first kappa shape index (κ1) is 11.0. The Labute approximate surface area is 96.2 Å². The van der Waals surface area contributed by atoms with Crippen molar-refractivity contribution in [1.82, 2.24) is 19.2 Å². The van der Waals surface area contributed by atoms with Crippen LogP contribution in [0, 0.1) is 0 Å². The lowest BCUT2D eigenvalue weighted by Gasteiger charge is -2.21. The number of primary sulfonamides is 1. The van der Waals surface area contributed by atoms with Crippen LogP contribution in [0.1, 0.15) is 6.29 Å². The maximum absolute atomic E-state index is 11.0. The molecule has 0 saturated carbocycles. The van der Waals surface area contributed by atoms with Crippen molar-refractivity contribution in [2.45, 2.75) is 11.4 Å². The van der Waals surface area contributed by atoms with E-state index < -0.39 is 21.5 Å². The number of hydrogen-bond acceptors (Lipinski definition) is 6. The highest BCUT2D eigenvalue weighted by atomic mass is 35.5. The molecule has 0 fully saturated rings. The molecule has 0 aromatic carbocycles. The van der Waals surface area contributed by atoms with Crippen LogP contribution in [0.25, 0.3) is 0 Å². The highest BCUT2D eigenvalue weighted by Gasteiger charge is 2.21. The molecule has 0 aliphatic carbocycles. The lowest BCUT2D eigenvalue weighted by Crippen LogP contribution is -2.22. The average Bonchev–Trinajstić information content (AvgIpc) is 2.66. The molecule has 2 heterocycles. The zero-order chi connectivity index (χ0) is 11.8. The van der Waals surface area contributed by atoms with Crippen molar-refractivity contribution >= 4 is 28.0 Å². The molecular formula is C6H7ClN6O2S. The minimum atomic E-state index is -3.91. The number of rotatable bonds is 2. The van der Waals surface area contributed by atoms with Crippen molar-refractivity contribution in [2.75, 3.05) is 0 Å². The molecule has 1 aliphatic rings. The normalized spacial score (nSPS) is 20.4. The molecule has 8 nitrogen and oxygen atoms in total. The fourth-order valence-electron chi connectivity index (χ4n) is 1.07. The summed E-state index contributed by atoms with van der Waals surface area (Å²) in [5.74, 6) is 0. The molecule has 86 valence electrons. The second kappa shape index (κ2) is 3.85. The van der Waals surface area contributed by atoms with Crippen molar-refractivity contribution in [3.63, 3.8) is 0 Å². The van der Waals surface area contributed by atoms with Gasteiger partial charge >= 0.3 is 0 Å². The topological polar surface area (TPSA) is 106 Å². The van der Waals surface area contributed by atoms with Crippen molar-refractivity contribution in [2.24, 2.45) is 10.1 Å². The summed E-state index contributed by atoms with van der Waals surface area (Å²) in [5.41, 5.74) is 0. The first-order chi connectivity index (χ1) is 7.48. The molecule has 16 heavy (non-hydrogen) atoms. The minimum absolute atomic E-state index is 0.470. The number of sulfonamides is 1. The Morgan fingerprint density at radius 2 is 2.25 bits per heavy atom. The van der Waals surface area contributed by atoms with Crippen LogP contribution in [0.5, 0.6) is 0 Å². The van der Waals surface area contributed by atoms with E-state index in [9.17, 15) is 8.42 Å². The highest BCUT2D eigenvalue weighted by molar-refractivity contribution is 7.89. The van der Waals surface area contributed by atoms with Crippen molar-refractivity contribution in [3.05, 3.63) is 18.6 Å². The quantitative estimate of drug-likeness (QED) is 0.719. The van der Waals surface area contributed by atoms with E-state index in [0.717, 1.165) is 0 Å². The van der Waals surface area contributed by atoms with Crippen LogP contribution >= 0.6 is 11.8 Å². The number of halogens is 1. The van der Waals surface area contributed by atoms with E-state index in [0.29, 0.717) is 0 Å². The fourth-order valence-corrected chi connectivity index (χ4v) is 1.68. The monoisotopic (exact) mass is 262 g/mol. The number of nitrogens with two attached hydrogens (primary N) is 1. The number of allylic oxidation sites excluding steroid dienone is 1. The van der Waals surface area contributed by atoms with Gasteiger partial charge in [-0.2, -0.15) is 0 Å². The number of aliphatic imine (C=N–C) groups is 1. The van der Waals surface area contributed by atoms with Gasteiger partial charge < -0.3 is 0 Å². The van der Waals surface area contributed by atoms with E-state index >= 15 is 0 Å². The molecule has 2 N–H and O–H groups in total. The van der Waals surface area contributed by atoms with Gasteiger partial charge in [0.05, 0.1) is 0 Å². The molecule has 1 aromatic rings. The predicted octanol–water partition coefficient (Wildman–Crippen LogP) is -0.565. The summed E-state index contributed by atoms with van der Waals surface area (Å²) in [5, 5.41) is 8.07. The van der Waals surface area contributed by atoms with Crippen molar-refractivity contribution in [1.29, 1.82) is 0 Å². The summed E-state index contributed by atoms with van der Waals surface area (Å²) in [4.78, 5) is 7.54. The van der Waals surface area contributed by atoms with Gasteiger partial charge in [-0.25, -0.2) is 32.6 Å². The summed E-state index contributed by atoms with van der Waals surface area (Å²) in [7, 11) is -3.91. The molecule has 10 heteroatoms. The minimum Gasteiger partial charge on any atom is -0.249 e. The van der Waals surface area contributed by atoms with Crippen LogP contribution in [-0.2, 0) is 10.0 Å². The Morgan fingerprint density at radius 1 is 1.50 bits per heavy atom. The Morgan fingerprint density at radius 3 is 2.81 bits per heavy atom. The third kappa shape index (κ3) is 2.05. The number of aromatic nitrogens is 3. The summed E-state index contributed by atoms with van der Waals surface area (Å²) in [6.07, 6.45) is 5.21. The average molecular weight is 263 g/mol. The van der Waals surface area contributed by atoms with Gasteiger partial charge in [0, 0.05) is 24.2 Å². The third-order valence-corrected chi connectivity index (χ3v) is 2.72. The standard InChI is InChI=1S/C6H7ClN6O2S/c7-12-3-1-2-9-6(12)13-4-10-5(11-13)16(8,14)15/h1-4,6H,(H2,8,14,15). The first-order valence-corrected chi connectivity index (χ1v) is 5.95. The SMILES string of the molecule is NS(=O)(=O)c1ncn(C2N=CC=CN2Cl)n1. The summed E-state index contributed by atoms with van der Waals surface area (Å²) in [6, 6.07) is 0. The fraction of sp³-hybridized carbons (Fsp3) is 0.167. The zero-order valence-electron chi connectivity index (χ0n) is 7.80. The molecule has 0 amide bonds. The van der Waals surface area contributed by atoms with Crippen LogP contribution < -0.4 is 5.14 Å². The van der Waals surface area contributed by atoms with Crippen molar-refractivity contribution in [3.8, 4) is 0 Å². The van der Waals surface area contributed by atoms with E-state index in [-0.39, 0.29) is 0 Å². The van der Waals surface area contributed by atoms with Crippen LogP contribution in [0.2, 0.25) is 0 Å². The molecule has 1 atom stereocenters. The van der Waals surface area contributed by atoms with Crippen LogP contribution in [-0.4, -0.2) is 33.8 Å². The molecule has 2 rings (SSSR count). The van der Waals surface area contributed by atoms with Gasteiger partial charge in [0.25, 0.3) is 15.2 Å².